The minimum absolute atomic E-state index is 0. The number of carbonyl (C=O) groups is 2. The van der Waals surface area contributed by atoms with Crippen molar-refractivity contribution >= 4 is 11.9 Å². The van der Waals surface area contributed by atoms with Crippen molar-refractivity contribution in [2.75, 3.05) is 0 Å². The van der Waals surface area contributed by atoms with E-state index in [4.69, 9.17) is 28.8 Å². The minimum Gasteiger partial charge on any atom is 2.00 e. The second-order valence-electron chi connectivity index (χ2n) is 2.16. The van der Waals surface area contributed by atoms with Gasteiger partial charge in [0, 0.05) is 0 Å². The van der Waals surface area contributed by atoms with E-state index >= 15 is 0 Å². The third kappa shape index (κ3) is 18.4. The monoisotopic (exact) mass is 484 g/mol. The number of rotatable bonds is 2. The summed E-state index contributed by atoms with van der Waals surface area (Å²) in [5.41, 5.74) is -0.380. The van der Waals surface area contributed by atoms with E-state index in [0.29, 0.717) is 0 Å². The first-order chi connectivity index (χ1) is 9.63. The van der Waals surface area contributed by atoms with E-state index in [-0.39, 0.29) is 50.1 Å². The Bertz CT molecular complexity index is 434. The van der Waals surface area contributed by atoms with Gasteiger partial charge in [-0.05, 0) is 12.1 Å². The van der Waals surface area contributed by atoms with Crippen LogP contribution in [0.25, 0.3) is 0 Å². The van der Waals surface area contributed by atoms with Crippen LogP contribution in [0.2, 0.25) is 0 Å². The number of hydrogen-bond donors (Lipinski definition) is 2. The smallest absolute Gasteiger partial charge is 2.00 e. The summed E-state index contributed by atoms with van der Waals surface area (Å²) in [5, 5.41) is 17.1. The molecule has 2 radical (unpaired) electrons. The molecule has 1 aromatic rings. The van der Waals surface area contributed by atoms with Crippen molar-refractivity contribution in [3.63, 3.8) is 0 Å². The van der Waals surface area contributed by atoms with Gasteiger partial charge in [0.05, 0.1) is 11.1 Å². The number of aromatic carboxylic acids is 2. The first kappa shape index (κ1) is 37.0. The topological polar surface area (TPSA) is 154 Å². The molecule has 0 atom stereocenters. The van der Waals surface area contributed by atoms with Crippen LogP contribution < -0.4 is 0 Å². The third-order valence-corrected chi connectivity index (χ3v) is 1.39. The zero-order chi connectivity index (χ0) is 17.1. The molecule has 0 saturated carbocycles. The number of benzene rings is 1. The SMILES string of the molecule is O=C(O)c1ccccc1C(=O)O.[C-]#[O+].[C-]#[O+].[C-]#[O+].[C-]#[O+].[Rh+2].[Rh+2]. The first-order valence-corrected chi connectivity index (χ1v) is 4.00. The van der Waals surface area contributed by atoms with E-state index in [0.717, 1.165) is 0 Å². The van der Waals surface area contributed by atoms with Crippen LogP contribution >= 0.6 is 0 Å². The van der Waals surface area contributed by atoms with Crippen molar-refractivity contribution < 1.29 is 77.4 Å². The fourth-order valence-corrected chi connectivity index (χ4v) is 0.856. The van der Waals surface area contributed by atoms with Gasteiger partial charge in [0.1, 0.15) is 0 Å². The van der Waals surface area contributed by atoms with E-state index in [1.807, 2.05) is 0 Å². The van der Waals surface area contributed by atoms with Crippen molar-refractivity contribution in [1.29, 1.82) is 0 Å². The van der Waals surface area contributed by atoms with Gasteiger partial charge in [-0.3, -0.25) is 0 Å². The molecule has 0 unspecified atom stereocenters. The Labute approximate surface area is 151 Å². The maximum atomic E-state index is 10.5. The molecule has 8 nitrogen and oxygen atoms in total. The molecule has 116 valence electrons. The molecule has 0 amide bonds. The van der Waals surface area contributed by atoms with Crippen LogP contribution in [0, 0.1) is 26.6 Å². The average Bonchev–Trinajstić information content (AvgIpc) is 2.55. The molecule has 22 heavy (non-hydrogen) atoms. The van der Waals surface area contributed by atoms with Gasteiger partial charge < -0.3 is 10.2 Å². The second-order valence-corrected chi connectivity index (χ2v) is 2.16. The summed E-state index contributed by atoms with van der Waals surface area (Å²) in [4.78, 5) is 20.9. The fourth-order valence-electron chi connectivity index (χ4n) is 0.856. The molecule has 1 aromatic carbocycles. The molecule has 0 spiro atoms. The molecule has 2 N–H and O–H groups in total. The third-order valence-electron chi connectivity index (χ3n) is 1.39. The quantitative estimate of drug-likeness (QED) is 0.364. The van der Waals surface area contributed by atoms with E-state index in [1.54, 1.807) is 0 Å². The molecule has 0 bridgehead atoms. The maximum absolute atomic E-state index is 10.5. The largest absolute Gasteiger partial charge is 2.00 e. The summed E-state index contributed by atoms with van der Waals surface area (Å²) in [7, 11) is 0. The minimum atomic E-state index is -1.23. The Kier molecular flexibility index (Phi) is 53.2. The molecule has 0 aliphatic rings. The molecule has 0 fully saturated rings. The van der Waals surface area contributed by atoms with Crippen molar-refractivity contribution in [3.05, 3.63) is 62.0 Å². The molecule has 1 rings (SSSR count). The molecular weight excluding hydrogens is 478 g/mol. The molecule has 0 aliphatic heterocycles. The summed E-state index contributed by atoms with van der Waals surface area (Å²) in [5.74, 6) is -2.46. The summed E-state index contributed by atoms with van der Waals surface area (Å²) in [6.07, 6.45) is 0. The van der Waals surface area contributed by atoms with Crippen LogP contribution in [0.15, 0.2) is 24.3 Å². The van der Waals surface area contributed by atoms with Gasteiger partial charge in [0.2, 0.25) is 0 Å². The van der Waals surface area contributed by atoms with Gasteiger partial charge in [-0.15, -0.1) is 0 Å². The van der Waals surface area contributed by atoms with Gasteiger partial charge >= 0.3 is 96.1 Å². The standard InChI is InChI=1S/C8H6O4.4CO.2Rh/c9-7(10)5-3-1-2-4-6(5)8(11)12;4*1-2;;/h1-4H,(H,9,10)(H,11,12);;;;;;/q;;;;;2*+2. The van der Waals surface area contributed by atoms with Crippen LogP contribution in [0.1, 0.15) is 20.7 Å². The van der Waals surface area contributed by atoms with E-state index in [1.165, 1.54) is 24.3 Å². The van der Waals surface area contributed by atoms with Gasteiger partial charge in [0.25, 0.3) is 0 Å². The van der Waals surface area contributed by atoms with Crippen LogP contribution in [0.4, 0.5) is 0 Å². The van der Waals surface area contributed by atoms with Crippen LogP contribution in [0.3, 0.4) is 0 Å². The van der Waals surface area contributed by atoms with Gasteiger partial charge in [0.15, 0.2) is 0 Å². The number of hydrogen-bond acceptors (Lipinski definition) is 2. The van der Waals surface area contributed by atoms with Crippen LogP contribution in [-0.2, 0) is 57.6 Å². The summed E-state index contributed by atoms with van der Waals surface area (Å²) < 4.78 is 30.0. The predicted molar refractivity (Wildman–Crippen MR) is 56.1 cm³/mol. The van der Waals surface area contributed by atoms with Gasteiger partial charge in [-0.1, -0.05) is 12.1 Å². The fraction of sp³-hybridized carbons (Fsp3) is 0. The summed E-state index contributed by atoms with van der Waals surface area (Å²) >= 11 is 0. The van der Waals surface area contributed by atoms with Gasteiger partial charge in [-0.2, -0.15) is 0 Å². The Balaban J connectivity index is -0.0000000560. The Morgan fingerprint density at radius 2 is 0.864 bits per heavy atom. The zero-order valence-corrected chi connectivity index (χ0v) is 13.6. The predicted octanol–water partition coefficient (Wildman–Crippen LogP) is 0.928. The van der Waals surface area contributed by atoms with E-state index in [9.17, 15) is 9.59 Å². The Hall–Kier alpha value is -1.63. The molecule has 0 saturated heterocycles. The van der Waals surface area contributed by atoms with E-state index < -0.39 is 11.9 Å². The summed E-state index contributed by atoms with van der Waals surface area (Å²) in [6, 6.07) is 5.48. The van der Waals surface area contributed by atoms with E-state index in [2.05, 4.69) is 26.6 Å². The normalized spacial score (nSPS) is 5.45. The maximum Gasteiger partial charge on any atom is 2.00 e. The van der Waals surface area contributed by atoms with Crippen molar-refractivity contribution in [1.82, 2.24) is 0 Å². The van der Waals surface area contributed by atoms with Crippen LogP contribution in [0.5, 0.6) is 0 Å². The van der Waals surface area contributed by atoms with Crippen LogP contribution in [-0.4, -0.2) is 22.2 Å². The second kappa shape index (κ2) is 31.7. The molecular formula is C12H6O8Rh2+4. The molecule has 0 aliphatic carbocycles. The Morgan fingerprint density at radius 1 is 0.682 bits per heavy atom. The molecule has 0 aromatic heterocycles. The zero-order valence-electron chi connectivity index (χ0n) is 10.3. The average molecular weight is 484 g/mol. The Morgan fingerprint density at radius 3 is 1.00 bits per heavy atom. The number of carboxylic acids is 2. The van der Waals surface area contributed by atoms with Gasteiger partial charge in [-0.25, -0.2) is 9.59 Å². The molecule has 0 heterocycles. The first-order valence-electron chi connectivity index (χ1n) is 4.00. The number of carboxylic acid groups (broad SMARTS) is 2. The summed E-state index contributed by atoms with van der Waals surface area (Å²) in [6.45, 7) is 18.0. The van der Waals surface area contributed by atoms with Crippen molar-refractivity contribution in [2.24, 2.45) is 0 Å². The van der Waals surface area contributed by atoms with Crippen molar-refractivity contribution in [3.8, 4) is 0 Å². The molecule has 10 heteroatoms. The van der Waals surface area contributed by atoms with Crippen molar-refractivity contribution in [2.45, 2.75) is 0 Å².